The SMILES string of the molecule is CCc1c(Cl)cc(C(N)CCC(=O)O)cc1OC. The lowest BCUT2D eigenvalue weighted by Crippen LogP contribution is -2.13. The van der Waals surface area contributed by atoms with Crippen LogP contribution in [-0.4, -0.2) is 18.2 Å². The predicted molar refractivity (Wildman–Crippen MR) is 71.2 cm³/mol. The minimum absolute atomic E-state index is 0.0383. The van der Waals surface area contributed by atoms with E-state index < -0.39 is 5.97 Å². The lowest BCUT2D eigenvalue weighted by molar-refractivity contribution is -0.137. The van der Waals surface area contributed by atoms with Gasteiger partial charge < -0.3 is 15.6 Å². The lowest BCUT2D eigenvalue weighted by atomic mass is 10.00. The first-order valence-corrected chi connectivity index (χ1v) is 6.21. The molecule has 0 radical (unpaired) electrons. The number of ether oxygens (including phenoxy) is 1. The Labute approximate surface area is 112 Å². The molecule has 4 nitrogen and oxygen atoms in total. The average molecular weight is 272 g/mol. The van der Waals surface area contributed by atoms with Crippen molar-refractivity contribution < 1.29 is 14.6 Å². The first-order valence-electron chi connectivity index (χ1n) is 5.83. The van der Waals surface area contributed by atoms with Crippen molar-refractivity contribution >= 4 is 17.6 Å². The van der Waals surface area contributed by atoms with Crippen LogP contribution in [0.25, 0.3) is 0 Å². The van der Waals surface area contributed by atoms with Gasteiger partial charge in [0, 0.05) is 23.0 Å². The normalized spacial score (nSPS) is 12.2. The molecule has 1 atom stereocenters. The van der Waals surface area contributed by atoms with E-state index in [9.17, 15) is 4.79 Å². The minimum Gasteiger partial charge on any atom is -0.496 e. The molecule has 0 bridgehead atoms. The summed E-state index contributed by atoms with van der Waals surface area (Å²) in [5.74, 6) is -0.153. The number of carboxylic acids is 1. The highest BCUT2D eigenvalue weighted by Crippen LogP contribution is 2.31. The zero-order valence-electron chi connectivity index (χ0n) is 10.6. The molecular formula is C13H18ClNO3. The van der Waals surface area contributed by atoms with Crippen molar-refractivity contribution in [3.63, 3.8) is 0 Å². The Morgan fingerprint density at radius 3 is 2.72 bits per heavy atom. The Bertz CT molecular complexity index is 434. The summed E-state index contributed by atoms with van der Waals surface area (Å²) in [6.45, 7) is 1.99. The molecule has 0 saturated heterocycles. The summed E-state index contributed by atoms with van der Waals surface area (Å²) in [7, 11) is 1.58. The molecule has 0 saturated carbocycles. The number of carbonyl (C=O) groups is 1. The lowest BCUT2D eigenvalue weighted by Gasteiger charge is -2.16. The highest BCUT2D eigenvalue weighted by atomic mass is 35.5. The van der Waals surface area contributed by atoms with Crippen LogP contribution < -0.4 is 10.5 Å². The molecule has 0 fully saturated rings. The van der Waals surface area contributed by atoms with Crippen LogP contribution >= 0.6 is 11.6 Å². The third-order valence-electron chi connectivity index (χ3n) is 2.85. The monoisotopic (exact) mass is 271 g/mol. The molecule has 0 aliphatic heterocycles. The fraction of sp³-hybridized carbons (Fsp3) is 0.462. The van der Waals surface area contributed by atoms with Crippen molar-refractivity contribution in [2.45, 2.75) is 32.2 Å². The molecule has 1 aromatic carbocycles. The van der Waals surface area contributed by atoms with E-state index in [2.05, 4.69) is 0 Å². The van der Waals surface area contributed by atoms with Gasteiger partial charge in [0.25, 0.3) is 0 Å². The van der Waals surface area contributed by atoms with Gasteiger partial charge in [0.2, 0.25) is 0 Å². The minimum atomic E-state index is -0.853. The van der Waals surface area contributed by atoms with Crippen LogP contribution in [0.1, 0.15) is 36.9 Å². The summed E-state index contributed by atoms with van der Waals surface area (Å²) in [5.41, 5.74) is 7.69. The third-order valence-corrected chi connectivity index (χ3v) is 3.18. The summed E-state index contributed by atoms with van der Waals surface area (Å²) in [5, 5.41) is 9.25. The molecule has 1 rings (SSSR count). The summed E-state index contributed by atoms with van der Waals surface area (Å²) >= 11 is 6.17. The first kappa shape index (κ1) is 14.8. The summed E-state index contributed by atoms with van der Waals surface area (Å²) in [6, 6.07) is 3.27. The second-order valence-electron chi connectivity index (χ2n) is 4.08. The molecule has 0 spiro atoms. The molecule has 1 unspecified atom stereocenters. The number of rotatable bonds is 6. The van der Waals surface area contributed by atoms with Crippen LogP contribution in [0, 0.1) is 0 Å². The number of nitrogens with two attached hydrogens (primary N) is 1. The maximum Gasteiger partial charge on any atom is 0.303 e. The molecule has 1 aromatic rings. The van der Waals surface area contributed by atoms with Crippen LogP contribution in [0.15, 0.2) is 12.1 Å². The highest BCUT2D eigenvalue weighted by Gasteiger charge is 2.14. The van der Waals surface area contributed by atoms with Crippen molar-refractivity contribution in [3.8, 4) is 5.75 Å². The molecule has 0 aliphatic carbocycles. The molecule has 18 heavy (non-hydrogen) atoms. The van der Waals surface area contributed by atoms with E-state index in [0.29, 0.717) is 17.2 Å². The number of hydrogen-bond acceptors (Lipinski definition) is 3. The summed E-state index contributed by atoms with van der Waals surface area (Å²) in [6.07, 6.45) is 1.18. The predicted octanol–water partition coefficient (Wildman–Crippen LogP) is 2.78. The van der Waals surface area contributed by atoms with Crippen LogP contribution in [0.4, 0.5) is 0 Å². The largest absolute Gasteiger partial charge is 0.496 e. The Morgan fingerprint density at radius 1 is 1.56 bits per heavy atom. The second-order valence-corrected chi connectivity index (χ2v) is 4.48. The van der Waals surface area contributed by atoms with Gasteiger partial charge in [-0.15, -0.1) is 0 Å². The van der Waals surface area contributed by atoms with Crippen molar-refractivity contribution in [2.24, 2.45) is 5.73 Å². The van der Waals surface area contributed by atoms with E-state index in [1.807, 2.05) is 13.0 Å². The van der Waals surface area contributed by atoms with Crippen LogP contribution in [-0.2, 0) is 11.2 Å². The number of halogens is 1. The Morgan fingerprint density at radius 2 is 2.22 bits per heavy atom. The molecule has 0 aliphatic rings. The standard InChI is InChI=1S/C13H18ClNO3/c1-3-9-10(14)6-8(7-12(9)18-2)11(15)4-5-13(16)17/h6-7,11H,3-5,15H2,1-2H3,(H,16,17). The molecule has 3 N–H and O–H groups in total. The van der Waals surface area contributed by atoms with Gasteiger partial charge in [0.1, 0.15) is 5.75 Å². The zero-order valence-corrected chi connectivity index (χ0v) is 11.3. The Kier molecular flexibility index (Phi) is 5.44. The van der Waals surface area contributed by atoms with E-state index in [1.54, 1.807) is 13.2 Å². The van der Waals surface area contributed by atoms with Crippen LogP contribution in [0.2, 0.25) is 5.02 Å². The van der Waals surface area contributed by atoms with Crippen LogP contribution in [0.5, 0.6) is 5.75 Å². The van der Waals surface area contributed by atoms with E-state index >= 15 is 0 Å². The second kappa shape index (κ2) is 6.61. The fourth-order valence-corrected chi connectivity index (χ4v) is 2.17. The third kappa shape index (κ3) is 3.62. The van der Waals surface area contributed by atoms with Gasteiger partial charge in [-0.1, -0.05) is 18.5 Å². The number of methoxy groups -OCH3 is 1. The smallest absolute Gasteiger partial charge is 0.303 e. The van der Waals surface area contributed by atoms with Crippen molar-refractivity contribution in [1.29, 1.82) is 0 Å². The molecule has 0 aromatic heterocycles. The number of hydrogen-bond donors (Lipinski definition) is 2. The first-order chi connectivity index (χ1) is 8.49. The van der Waals surface area contributed by atoms with Gasteiger partial charge in [-0.3, -0.25) is 4.79 Å². The summed E-state index contributed by atoms with van der Waals surface area (Å²) < 4.78 is 5.28. The molecular weight excluding hydrogens is 254 g/mol. The number of benzene rings is 1. The van der Waals surface area contributed by atoms with Crippen molar-refractivity contribution in [3.05, 3.63) is 28.3 Å². The van der Waals surface area contributed by atoms with Gasteiger partial charge in [-0.2, -0.15) is 0 Å². The number of aliphatic carboxylic acids is 1. The summed E-state index contributed by atoms with van der Waals surface area (Å²) in [4.78, 5) is 10.5. The van der Waals surface area contributed by atoms with Crippen molar-refractivity contribution in [1.82, 2.24) is 0 Å². The topological polar surface area (TPSA) is 72.6 Å². The molecule has 0 amide bonds. The van der Waals surface area contributed by atoms with Gasteiger partial charge in [-0.05, 0) is 30.5 Å². The zero-order chi connectivity index (χ0) is 13.7. The van der Waals surface area contributed by atoms with Gasteiger partial charge >= 0.3 is 5.97 Å². The number of carboxylic acid groups (broad SMARTS) is 1. The van der Waals surface area contributed by atoms with Gasteiger partial charge in [-0.25, -0.2) is 0 Å². The van der Waals surface area contributed by atoms with Gasteiger partial charge in [0.05, 0.1) is 7.11 Å². The molecule has 5 heteroatoms. The van der Waals surface area contributed by atoms with E-state index in [1.165, 1.54) is 0 Å². The van der Waals surface area contributed by atoms with Crippen LogP contribution in [0.3, 0.4) is 0 Å². The van der Waals surface area contributed by atoms with E-state index in [0.717, 1.165) is 17.5 Å². The quantitative estimate of drug-likeness (QED) is 0.834. The molecule has 100 valence electrons. The maximum absolute atomic E-state index is 10.5. The highest BCUT2D eigenvalue weighted by molar-refractivity contribution is 6.31. The average Bonchev–Trinajstić information content (AvgIpc) is 2.34. The van der Waals surface area contributed by atoms with Gasteiger partial charge in [0.15, 0.2) is 0 Å². The van der Waals surface area contributed by atoms with E-state index in [4.69, 9.17) is 27.2 Å². The van der Waals surface area contributed by atoms with Crippen molar-refractivity contribution in [2.75, 3.05) is 7.11 Å². The Balaban J connectivity index is 2.96. The Hall–Kier alpha value is -1.26. The molecule has 0 heterocycles. The maximum atomic E-state index is 10.5. The van der Waals surface area contributed by atoms with E-state index in [-0.39, 0.29) is 12.5 Å². The fourth-order valence-electron chi connectivity index (χ4n) is 1.82.